The maximum absolute atomic E-state index is 11.0. The van der Waals surface area contributed by atoms with Gasteiger partial charge in [0.25, 0.3) is 0 Å². The first-order valence-electron chi connectivity index (χ1n) is 4.31. The molecular formula is C9H17NO2. The maximum Gasteiger partial charge on any atom is 0.147 e. The minimum atomic E-state index is -0.276. The summed E-state index contributed by atoms with van der Waals surface area (Å²) in [5.74, 6) is 0.0949. The Kier molecular flexibility index (Phi) is 5.54. The topological polar surface area (TPSA) is 46.2 Å². The largest absolute Gasteiger partial charge is 0.307 e. The van der Waals surface area contributed by atoms with Crippen LogP contribution in [0.5, 0.6) is 0 Å². The van der Waals surface area contributed by atoms with Crippen LogP contribution in [0.15, 0.2) is 0 Å². The van der Waals surface area contributed by atoms with Gasteiger partial charge in [-0.1, -0.05) is 6.92 Å². The van der Waals surface area contributed by atoms with Crippen LogP contribution in [0.1, 0.15) is 33.6 Å². The van der Waals surface area contributed by atoms with Crippen LogP contribution in [0.3, 0.4) is 0 Å². The SMILES string of the molecule is CCCNC(CC(C)=O)C(C)=O. The first-order valence-corrected chi connectivity index (χ1v) is 4.31. The highest BCUT2D eigenvalue weighted by Crippen LogP contribution is 1.95. The summed E-state index contributed by atoms with van der Waals surface area (Å²) >= 11 is 0. The van der Waals surface area contributed by atoms with E-state index in [-0.39, 0.29) is 17.6 Å². The molecule has 3 nitrogen and oxygen atoms in total. The Bertz CT molecular complexity index is 166. The lowest BCUT2D eigenvalue weighted by molar-refractivity contribution is -0.124. The minimum absolute atomic E-state index is 0.0404. The number of nitrogens with one attached hydrogen (secondary N) is 1. The standard InChI is InChI=1S/C9H17NO2/c1-4-5-10-9(8(3)12)6-7(2)11/h9-10H,4-6H2,1-3H3. The van der Waals surface area contributed by atoms with Gasteiger partial charge in [-0.2, -0.15) is 0 Å². The lowest BCUT2D eigenvalue weighted by atomic mass is 10.1. The van der Waals surface area contributed by atoms with Crippen molar-refractivity contribution in [2.24, 2.45) is 0 Å². The molecule has 0 saturated heterocycles. The number of hydrogen-bond acceptors (Lipinski definition) is 3. The van der Waals surface area contributed by atoms with E-state index in [1.165, 1.54) is 13.8 Å². The van der Waals surface area contributed by atoms with Gasteiger partial charge in [-0.15, -0.1) is 0 Å². The first-order chi connectivity index (χ1) is 5.57. The van der Waals surface area contributed by atoms with Crippen LogP contribution in [0.25, 0.3) is 0 Å². The fourth-order valence-corrected chi connectivity index (χ4v) is 0.966. The second kappa shape index (κ2) is 5.89. The number of carbonyl (C=O) groups is 2. The van der Waals surface area contributed by atoms with Crippen LogP contribution in [0, 0.1) is 0 Å². The molecule has 0 amide bonds. The number of ketones is 2. The Balaban J connectivity index is 3.87. The molecule has 70 valence electrons. The molecule has 1 N–H and O–H groups in total. The maximum atomic E-state index is 11.0. The molecule has 0 aliphatic carbocycles. The van der Waals surface area contributed by atoms with Crippen molar-refractivity contribution in [2.75, 3.05) is 6.54 Å². The molecule has 3 heteroatoms. The molecule has 0 aliphatic heterocycles. The molecule has 0 rings (SSSR count). The third-order valence-corrected chi connectivity index (χ3v) is 1.62. The summed E-state index contributed by atoms with van der Waals surface area (Å²) in [6, 6.07) is -0.276. The minimum Gasteiger partial charge on any atom is -0.307 e. The summed E-state index contributed by atoms with van der Waals surface area (Å²) in [6.07, 6.45) is 1.29. The van der Waals surface area contributed by atoms with Crippen molar-refractivity contribution < 1.29 is 9.59 Å². The highest BCUT2D eigenvalue weighted by molar-refractivity contribution is 5.88. The van der Waals surface area contributed by atoms with Gasteiger partial charge in [0.1, 0.15) is 11.6 Å². The fraction of sp³-hybridized carbons (Fsp3) is 0.778. The van der Waals surface area contributed by atoms with E-state index < -0.39 is 0 Å². The lowest BCUT2D eigenvalue weighted by Crippen LogP contribution is -2.37. The van der Waals surface area contributed by atoms with E-state index in [4.69, 9.17) is 0 Å². The van der Waals surface area contributed by atoms with Gasteiger partial charge in [-0.05, 0) is 26.8 Å². The third kappa shape index (κ3) is 5.02. The van der Waals surface area contributed by atoms with Gasteiger partial charge in [0.05, 0.1) is 6.04 Å². The summed E-state index contributed by atoms with van der Waals surface area (Å²) in [4.78, 5) is 21.7. The molecule has 0 aliphatic rings. The van der Waals surface area contributed by atoms with Gasteiger partial charge in [0.2, 0.25) is 0 Å². The van der Waals surface area contributed by atoms with Crippen molar-refractivity contribution in [2.45, 2.75) is 39.7 Å². The molecule has 0 spiro atoms. The van der Waals surface area contributed by atoms with E-state index >= 15 is 0 Å². The summed E-state index contributed by atoms with van der Waals surface area (Å²) in [6.45, 7) is 5.83. The van der Waals surface area contributed by atoms with Crippen LogP contribution >= 0.6 is 0 Å². The molecule has 1 atom stereocenters. The molecule has 0 aromatic heterocycles. The molecule has 0 aromatic rings. The monoisotopic (exact) mass is 171 g/mol. The third-order valence-electron chi connectivity index (χ3n) is 1.62. The number of Topliss-reactive ketones (excluding diaryl/α,β-unsaturated/α-hetero) is 2. The molecule has 0 heterocycles. The second-order valence-corrected chi connectivity index (χ2v) is 3.02. The average Bonchev–Trinajstić information content (AvgIpc) is 1.96. The first kappa shape index (κ1) is 11.3. The Morgan fingerprint density at radius 2 is 1.92 bits per heavy atom. The zero-order valence-electron chi connectivity index (χ0n) is 8.02. The number of carbonyl (C=O) groups excluding carboxylic acids is 2. The summed E-state index contributed by atoms with van der Waals surface area (Å²) in [5, 5.41) is 3.03. The second-order valence-electron chi connectivity index (χ2n) is 3.02. The van der Waals surface area contributed by atoms with Crippen molar-refractivity contribution in [3.63, 3.8) is 0 Å². The van der Waals surface area contributed by atoms with E-state index in [9.17, 15) is 9.59 Å². The molecule has 0 aromatic carbocycles. The van der Waals surface area contributed by atoms with Gasteiger partial charge < -0.3 is 5.32 Å². The van der Waals surface area contributed by atoms with Crippen LogP contribution < -0.4 is 5.32 Å². The predicted molar refractivity (Wildman–Crippen MR) is 48.1 cm³/mol. The van der Waals surface area contributed by atoms with E-state index in [0.717, 1.165) is 13.0 Å². The zero-order chi connectivity index (χ0) is 9.56. The highest BCUT2D eigenvalue weighted by atomic mass is 16.1. The van der Waals surface area contributed by atoms with E-state index in [2.05, 4.69) is 5.32 Å². The van der Waals surface area contributed by atoms with E-state index in [1.807, 2.05) is 6.92 Å². The predicted octanol–water partition coefficient (Wildman–Crippen LogP) is 0.923. The normalized spacial score (nSPS) is 12.6. The van der Waals surface area contributed by atoms with Crippen molar-refractivity contribution in [1.82, 2.24) is 5.32 Å². The van der Waals surface area contributed by atoms with Gasteiger partial charge in [-0.25, -0.2) is 0 Å². The molecular weight excluding hydrogens is 154 g/mol. The van der Waals surface area contributed by atoms with Crippen molar-refractivity contribution in [3.8, 4) is 0 Å². The quantitative estimate of drug-likeness (QED) is 0.646. The van der Waals surface area contributed by atoms with E-state index in [1.54, 1.807) is 0 Å². The molecule has 0 radical (unpaired) electrons. The summed E-state index contributed by atoms with van der Waals surface area (Å²) < 4.78 is 0. The smallest absolute Gasteiger partial charge is 0.147 e. The molecule has 0 fully saturated rings. The average molecular weight is 171 g/mol. The Morgan fingerprint density at radius 1 is 1.33 bits per heavy atom. The molecule has 12 heavy (non-hydrogen) atoms. The zero-order valence-corrected chi connectivity index (χ0v) is 8.02. The highest BCUT2D eigenvalue weighted by Gasteiger charge is 2.14. The summed E-state index contributed by atoms with van der Waals surface area (Å²) in [7, 11) is 0. The fourth-order valence-electron chi connectivity index (χ4n) is 0.966. The number of hydrogen-bond donors (Lipinski definition) is 1. The van der Waals surface area contributed by atoms with Gasteiger partial charge in [-0.3, -0.25) is 9.59 Å². The molecule has 1 unspecified atom stereocenters. The Hall–Kier alpha value is -0.700. The van der Waals surface area contributed by atoms with Crippen molar-refractivity contribution in [3.05, 3.63) is 0 Å². The molecule has 0 saturated carbocycles. The van der Waals surface area contributed by atoms with Crippen LogP contribution in [0.2, 0.25) is 0 Å². The number of rotatable bonds is 6. The van der Waals surface area contributed by atoms with Crippen molar-refractivity contribution in [1.29, 1.82) is 0 Å². The van der Waals surface area contributed by atoms with Gasteiger partial charge in [0, 0.05) is 6.42 Å². The van der Waals surface area contributed by atoms with Crippen molar-refractivity contribution >= 4 is 11.6 Å². The Labute approximate surface area is 73.5 Å². The van der Waals surface area contributed by atoms with Gasteiger partial charge >= 0.3 is 0 Å². The van der Waals surface area contributed by atoms with Crippen LogP contribution in [0.4, 0.5) is 0 Å². The summed E-state index contributed by atoms with van der Waals surface area (Å²) in [5.41, 5.74) is 0. The molecule has 0 bridgehead atoms. The van der Waals surface area contributed by atoms with Crippen LogP contribution in [-0.4, -0.2) is 24.2 Å². The van der Waals surface area contributed by atoms with E-state index in [0.29, 0.717) is 6.42 Å². The van der Waals surface area contributed by atoms with Gasteiger partial charge in [0.15, 0.2) is 0 Å². The Morgan fingerprint density at radius 3 is 2.25 bits per heavy atom. The van der Waals surface area contributed by atoms with Crippen LogP contribution in [-0.2, 0) is 9.59 Å². The lowest BCUT2D eigenvalue weighted by Gasteiger charge is -2.12.